The van der Waals surface area contributed by atoms with E-state index in [0.717, 1.165) is 5.56 Å². The van der Waals surface area contributed by atoms with Gasteiger partial charge in [-0.15, -0.1) is 0 Å². The first-order valence-electron chi connectivity index (χ1n) is 7.34. The number of hydrogen-bond donors (Lipinski definition) is 0. The van der Waals surface area contributed by atoms with Gasteiger partial charge in [-0.25, -0.2) is 0 Å². The molecule has 0 unspecified atom stereocenters. The second-order valence-electron chi connectivity index (χ2n) is 5.48. The third-order valence-corrected chi connectivity index (χ3v) is 4.92. The molecule has 0 aliphatic carbocycles. The lowest BCUT2D eigenvalue weighted by Gasteiger charge is -2.12. The summed E-state index contributed by atoms with van der Waals surface area (Å²) in [5.41, 5.74) is 2.22. The van der Waals surface area contributed by atoms with Gasteiger partial charge in [0.1, 0.15) is 4.32 Å². The molecule has 0 N–H and O–H groups in total. The highest BCUT2D eigenvalue weighted by atomic mass is 32.2. The summed E-state index contributed by atoms with van der Waals surface area (Å²) in [7, 11) is 1.33. The van der Waals surface area contributed by atoms with Crippen LogP contribution >= 0.6 is 24.0 Å². The standard InChI is InChI=1S/C17H19NO3S2/c1-11(2)13-6-4-12(5-7-13)10-14-16(20)18(17(22)23-14)9-8-15(19)21-3/h4-7,10-11H,8-9H2,1-3H3/b14-10+. The van der Waals surface area contributed by atoms with Crippen molar-refractivity contribution in [3.63, 3.8) is 0 Å². The summed E-state index contributed by atoms with van der Waals surface area (Å²) in [6.07, 6.45) is 1.97. The van der Waals surface area contributed by atoms with Crippen molar-refractivity contribution in [2.75, 3.05) is 13.7 Å². The molecule has 1 aliphatic rings. The Hall–Kier alpha value is -1.66. The van der Waals surface area contributed by atoms with Crippen molar-refractivity contribution in [3.8, 4) is 0 Å². The Labute approximate surface area is 145 Å². The number of thioether (sulfide) groups is 1. The highest BCUT2D eigenvalue weighted by molar-refractivity contribution is 8.26. The number of methoxy groups -OCH3 is 1. The van der Waals surface area contributed by atoms with E-state index in [1.807, 2.05) is 18.2 Å². The molecule has 0 radical (unpaired) electrons. The molecular weight excluding hydrogens is 330 g/mol. The Balaban J connectivity index is 2.10. The van der Waals surface area contributed by atoms with Gasteiger partial charge in [-0.05, 0) is 23.1 Å². The first kappa shape index (κ1) is 17.7. The van der Waals surface area contributed by atoms with Crippen molar-refractivity contribution in [1.82, 2.24) is 4.90 Å². The molecule has 1 amide bonds. The van der Waals surface area contributed by atoms with E-state index in [1.165, 1.54) is 29.3 Å². The molecular formula is C17H19NO3S2. The summed E-state index contributed by atoms with van der Waals surface area (Å²) in [5, 5.41) is 0. The van der Waals surface area contributed by atoms with Crippen LogP contribution in [-0.4, -0.2) is 34.8 Å². The number of thiocarbonyl (C=S) groups is 1. The van der Waals surface area contributed by atoms with Crippen LogP contribution in [0.1, 0.15) is 37.3 Å². The molecule has 4 nitrogen and oxygen atoms in total. The van der Waals surface area contributed by atoms with E-state index >= 15 is 0 Å². The Morgan fingerprint density at radius 3 is 2.57 bits per heavy atom. The summed E-state index contributed by atoms with van der Waals surface area (Å²) in [6.45, 7) is 4.53. The molecule has 0 saturated carbocycles. The molecule has 1 aliphatic heterocycles. The maximum atomic E-state index is 12.4. The summed E-state index contributed by atoms with van der Waals surface area (Å²) in [6, 6.07) is 8.12. The Kier molecular flexibility index (Phi) is 5.96. The predicted octanol–water partition coefficient (Wildman–Crippen LogP) is 3.57. The van der Waals surface area contributed by atoms with Gasteiger partial charge in [0.05, 0.1) is 18.4 Å². The van der Waals surface area contributed by atoms with Crippen LogP contribution in [0.5, 0.6) is 0 Å². The summed E-state index contributed by atoms with van der Waals surface area (Å²) < 4.78 is 5.07. The van der Waals surface area contributed by atoms with Crippen LogP contribution in [0.3, 0.4) is 0 Å². The molecule has 122 valence electrons. The maximum absolute atomic E-state index is 12.4. The van der Waals surface area contributed by atoms with E-state index in [1.54, 1.807) is 0 Å². The smallest absolute Gasteiger partial charge is 0.307 e. The minimum absolute atomic E-state index is 0.138. The lowest BCUT2D eigenvalue weighted by atomic mass is 10.0. The van der Waals surface area contributed by atoms with E-state index in [4.69, 9.17) is 12.2 Å². The van der Waals surface area contributed by atoms with E-state index in [-0.39, 0.29) is 24.8 Å². The van der Waals surface area contributed by atoms with Crippen molar-refractivity contribution < 1.29 is 14.3 Å². The topological polar surface area (TPSA) is 46.6 Å². The fraction of sp³-hybridized carbons (Fsp3) is 0.353. The van der Waals surface area contributed by atoms with Gasteiger partial charge in [-0.2, -0.15) is 0 Å². The SMILES string of the molecule is COC(=O)CCN1C(=O)/C(=C\c2ccc(C(C)C)cc2)SC1=S. The zero-order chi connectivity index (χ0) is 17.0. The fourth-order valence-corrected chi connectivity index (χ4v) is 3.44. The Morgan fingerprint density at radius 1 is 1.35 bits per heavy atom. The van der Waals surface area contributed by atoms with Crippen LogP contribution in [-0.2, 0) is 14.3 Å². The van der Waals surface area contributed by atoms with Gasteiger partial charge in [0.2, 0.25) is 0 Å². The number of carbonyl (C=O) groups is 2. The molecule has 0 atom stereocenters. The molecule has 1 aromatic carbocycles. The van der Waals surface area contributed by atoms with E-state index in [9.17, 15) is 9.59 Å². The number of carbonyl (C=O) groups excluding carboxylic acids is 2. The van der Waals surface area contributed by atoms with Crippen molar-refractivity contribution in [1.29, 1.82) is 0 Å². The molecule has 1 heterocycles. The van der Waals surface area contributed by atoms with Crippen molar-refractivity contribution in [2.45, 2.75) is 26.2 Å². The fourth-order valence-electron chi connectivity index (χ4n) is 2.13. The van der Waals surface area contributed by atoms with Crippen LogP contribution in [0, 0.1) is 0 Å². The first-order chi connectivity index (χ1) is 10.9. The van der Waals surface area contributed by atoms with Crippen LogP contribution in [0.25, 0.3) is 6.08 Å². The molecule has 0 aromatic heterocycles. The largest absolute Gasteiger partial charge is 0.469 e. The first-order valence-corrected chi connectivity index (χ1v) is 8.57. The van der Waals surface area contributed by atoms with Gasteiger partial charge in [-0.1, -0.05) is 62.1 Å². The third kappa shape index (κ3) is 4.42. The highest BCUT2D eigenvalue weighted by Gasteiger charge is 2.32. The van der Waals surface area contributed by atoms with Gasteiger partial charge >= 0.3 is 5.97 Å². The molecule has 1 saturated heterocycles. The van der Waals surface area contributed by atoms with Gasteiger partial charge in [-0.3, -0.25) is 14.5 Å². The average Bonchev–Trinajstić information content (AvgIpc) is 2.79. The lowest BCUT2D eigenvalue weighted by molar-refractivity contribution is -0.140. The van der Waals surface area contributed by atoms with Crippen LogP contribution in [0.4, 0.5) is 0 Å². The van der Waals surface area contributed by atoms with E-state index in [2.05, 4.69) is 30.7 Å². The molecule has 0 bridgehead atoms. The average molecular weight is 349 g/mol. The monoisotopic (exact) mass is 349 g/mol. The number of amides is 1. The number of ether oxygens (including phenoxy) is 1. The van der Waals surface area contributed by atoms with Gasteiger partial charge in [0, 0.05) is 6.54 Å². The summed E-state index contributed by atoms with van der Waals surface area (Å²) in [5.74, 6) is -0.0373. The minimum atomic E-state index is -0.354. The minimum Gasteiger partial charge on any atom is -0.469 e. The predicted molar refractivity (Wildman–Crippen MR) is 97.0 cm³/mol. The van der Waals surface area contributed by atoms with E-state index in [0.29, 0.717) is 15.1 Å². The third-order valence-electron chi connectivity index (χ3n) is 3.54. The second-order valence-corrected chi connectivity index (χ2v) is 7.16. The number of benzene rings is 1. The van der Waals surface area contributed by atoms with Crippen molar-refractivity contribution in [2.24, 2.45) is 0 Å². The zero-order valence-corrected chi connectivity index (χ0v) is 15.0. The molecule has 1 fully saturated rings. The van der Waals surface area contributed by atoms with Crippen LogP contribution in [0.15, 0.2) is 29.2 Å². The van der Waals surface area contributed by atoms with Crippen LogP contribution < -0.4 is 0 Å². The Bertz CT molecular complexity index is 650. The van der Waals surface area contributed by atoms with E-state index < -0.39 is 0 Å². The molecule has 0 spiro atoms. The van der Waals surface area contributed by atoms with Gasteiger partial charge in [0.25, 0.3) is 5.91 Å². The number of rotatable bonds is 5. The zero-order valence-electron chi connectivity index (χ0n) is 13.4. The maximum Gasteiger partial charge on any atom is 0.307 e. The quantitative estimate of drug-likeness (QED) is 0.462. The number of nitrogens with zero attached hydrogens (tertiary/aromatic N) is 1. The van der Waals surface area contributed by atoms with Crippen molar-refractivity contribution >= 4 is 46.3 Å². The molecule has 23 heavy (non-hydrogen) atoms. The molecule has 2 rings (SSSR count). The molecule has 1 aromatic rings. The lowest BCUT2D eigenvalue weighted by Crippen LogP contribution is -2.30. The highest BCUT2D eigenvalue weighted by Crippen LogP contribution is 2.32. The van der Waals surface area contributed by atoms with Gasteiger partial charge in [0.15, 0.2) is 0 Å². The second kappa shape index (κ2) is 7.75. The number of hydrogen-bond acceptors (Lipinski definition) is 5. The molecule has 6 heteroatoms. The summed E-state index contributed by atoms with van der Waals surface area (Å²) >= 11 is 6.49. The summed E-state index contributed by atoms with van der Waals surface area (Å²) in [4.78, 5) is 25.6. The van der Waals surface area contributed by atoms with Crippen molar-refractivity contribution in [3.05, 3.63) is 40.3 Å². The Morgan fingerprint density at radius 2 is 2.00 bits per heavy atom. The van der Waals surface area contributed by atoms with Gasteiger partial charge < -0.3 is 4.74 Å². The number of esters is 1. The normalized spacial score (nSPS) is 16.5. The van der Waals surface area contributed by atoms with Crippen LogP contribution in [0.2, 0.25) is 0 Å².